The fraction of sp³-hybridized carbons (Fsp3) is 0.765. The predicted octanol–water partition coefficient (Wildman–Crippen LogP) is 0.883. The van der Waals surface area contributed by atoms with Gasteiger partial charge in [-0.15, -0.1) is 0 Å². The van der Waals surface area contributed by atoms with Gasteiger partial charge in [0.1, 0.15) is 11.6 Å². The van der Waals surface area contributed by atoms with E-state index in [9.17, 15) is 5.11 Å². The first-order valence-corrected chi connectivity index (χ1v) is 9.01. The van der Waals surface area contributed by atoms with E-state index in [1.54, 1.807) is 0 Å². The van der Waals surface area contributed by atoms with Gasteiger partial charge in [-0.3, -0.25) is 0 Å². The van der Waals surface area contributed by atoms with Gasteiger partial charge in [0.15, 0.2) is 0 Å². The van der Waals surface area contributed by atoms with E-state index in [-0.39, 0.29) is 5.92 Å². The van der Waals surface area contributed by atoms with Crippen molar-refractivity contribution in [3.63, 3.8) is 0 Å². The molecule has 1 aliphatic carbocycles. The molecule has 2 saturated heterocycles. The number of hydrogen-bond acceptors (Lipinski definition) is 7. The molecular formula is C17H27N5O2. The van der Waals surface area contributed by atoms with Crippen LogP contribution < -0.4 is 15.5 Å². The van der Waals surface area contributed by atoms with Crippen LogP contribution in [0.1, 0.15) is 26.2 Å². The van der Waals surface area contributed by atoms with Crippen LogP contribution in [0.3, 0.4) is 0 Å². The van der Waals surface area contributed by atoms with Gasteiger partial charge in [0.25, 0.3) is 0 Å². The summed E-state index contributed by atoms with van der Waals surface area (Å²) in [6, 6.07) is 1.82. The third kappa shape index (κ3) is 2.69. The number of nitrogens with two attached hydrogens (primary N) is 1. The zero-order valence-electron chi connectivity index (χ0n) is 14.3. The molecule has 2 aliphatic heterocycles. The van der Waals surface area contributed by atoms with Crippen molar-refractivity contribution < 1.29 is 9.84 Å². The topological polar surface area (TPSA) is 87.7 Å². The van der Waals surface area contributed by atoms with Crippen molar-refractivity contribution in [2.75, 3.05) is 54.9 Å². The van der Waals surface area contributed by atoms with E-state index >= 15 is 0 Å². The average molecular weight is 333 g/mol. The molecular weight excluding hydrogens is 306 g/mol. The summed E-state index contributed by atoms with van der Waals surface area (Å²) in [5, 5.41) is 11.2. The average Bonchev–Trinajstić information content (AvgIpc) is 2.82. The molecule has 3 fully saturated rings. The predicted molar refractivity (Wildman–Crippen MR) is 93.1 cm³/mol. The molecule has 4 rings (SSSR count). The molecule has 1 aromatic heterocycles. The Morgan fingerprint density at radius 3 is 2.67 bits per heavy atom. The Bertz CT molecular complexity index is 603. The summed E-state index contributed by atoms with van der Waals surface area (Å²) in [4.78, 5) is 13.4. The normalized spacial score (nSPS) is 31.3. The van der Waals surface area contributed by atoms with Crippen LogP contribution in [-0.4, -0.2) is 60.1 Å². The fourth-order valence-electron chi connectivity index (χ4n) is 4.14. The molecule has 2 atom stereocenters. The van der Waals surface area contributed by atoms with Gasteiger partial charge in [0.05, 0.1) is 18.8 Å². The van der Waals surface area contributed by atoms with Crippen LogP contribution in [0.4, 0.5) is 17.6 Å². The first-order valence-electron chi connectivity index (χ1n) is 9.01. The molecule has 1 saturated carbocycles. The van der Waals surface area contributed by atoms with E-state index in [1.807, 2.05) is 6.07 Å². The van der Waals surface area contributed by atoms with Gasteiger partial charge in [0.2, 0.25) is 5.95 Å². The van der Waals surface area contributed by atoms with Gasteiger partial charge in [-0.05, 0) is 18.8 Å². The molecule has 24 heavy (non-hydrogen) atoms. The quantitative estimate of drug-likeness (QED) is 0.849. The minimum absolute atomic E-state index is 0.242. The van der Waals surface area contributed by atoms with Gasteiger partial charge in [0, 0.05) is 38.2 Å². The minimum Gasteiger partial charge on any atom is -0.387 e. The lowest BCUT2D eigenvalue weighted by molar-refractivity contribution is -0.0615. The Morgan fingerprint density at radius 2 is 2.00 bits per heavy atom. The molecule has 3 aliphatic rings. The lowest BCUT2D eigenvalue weighted by Crippen LogP contribution is -2.47. The second kappa shape index (κ2) is 6.04. The summed E-state index contributed by atoms with van der Waals surface area (Å²) < 4.78 is 5.40. The van der Waals surface area contributed by atoms with Gasteiger partial charge in [-0.2, -0.15) is 9.97 Å². The molecule has 0 aromatic carbocycles. The van der Waals surface area contributed by atoms with Crippen LogP contribution in [0, 0.1) is 11.8 Å². The number of nitrogens with zero attached hydrogens (tertiary/aromatic N) is 4. The van der Waals surface area contributed by atoms with Crippen LogP contribution in [-0.2, 0) is 4.74 Å². The maximum atomic E-state index is 11.2. The van der Waals surface area contributed by atoms with E-state index in [1.165, 1.54) is 6.42 Å². The van der Waals surface area contributed by atoms with Crippen LogP contribution in [0.25, 0.3) is 0 Å². The van der Waals surface area contributed by atoms with E-state index in [0.29, 0.717) is 37.4 Å². The van der Waals surface area contributed by atoms with Crippen molar-refractivity contribution >= 4 is 17.6 Å². The maximum Gasteiger partial charge on any atom is 0.229 e. The number of morpholine rings is 1. The fourth-order valence-corrected chi connectivity index (χ4v) is 4.14. The number of aliphatic hydroxyl groups is 1. The van der Waals surface area contributed by atoms with Gasteiger partial charge >= 0.3 is 0 Å². The molecule has 0 radical (unpaired) electrons. The van der Waals surface area contributed by atoms with E-state index in [2.05, 4.69) is 21.7 Å². The molecule has 0 unspecified atom stereocenters. The number of rotatable bonds is 3. The highest BCUT2D eigenvalue weighted by molar-refractivity contribution is 5.53. The Morgan fingerprint density at radius 1 is 1.25 bits per heavy atom. The molecule has 0 bridgehead atoms. The monoisotopic (exact) mass is 333 g/mol. The zero-order valence-corrected chi connectivity index (χ0v) is 14.3. The molecule has 3 heterocycles. The van der Waals surface area contributed by atoms with Crippen molar-refractivity contribution in [2.24, 2.45) is 11.8 Å². The third-order valence-corrected chi connectivity index (χ3v) is 5.94. The molecule has 3 N–H and O–H groups in total. The number of β-amino-alcohol motifs (C(OH)–C–C–N with tert-alkyl or cyclic N) is 1. The highest BCUT2D eigenvalue weighted by atomic mass is 16.5. The van der Waals surface area contributed by atoms with Crippen LogP contribution in [0.15, 0.2) is 6.07 Å². The van der Waals surface area contributed by atoms with E-state index in [4.69, 9.17) is 15.5 Å². The summed E-state index contributed by atoms with van der Waals surface area (Å²) in [5.74, 6) is 2.64. The first kappa shape index (κ1) is 15.9. The molecule has 7 heteroatoms. The smallest absolute Gasteiger partial charge is 0.229 e. The minimum atomic E-state index is -0.600. The van der Waals surface area contributed by atoms with E-state index < -0.39 is 5.60 Å². The number of hydrogen-bond donors (Lipinski definition) is 2. The largest absolute Gasteiger partial charge is 0.387 e. The van der Waals surface area contributed by atoms with Crippen molar-refractivity contribution in [1.82, 2.24) is 9.97 Å². The first-order chi connectivity index (χ1) is 11.6. The van der Waals surface area contributed by atoms with Crippen LogP contribution >= 0.6 is 0 Å². The Hall–Kier alpha value is -1.60. The van der Waals surface area contributed by atoms with Crippen molar-refractivity contribution in [3.8, 4) is 0 Å². The summed E-state index contributed by atoms with van der Waals surface area (Å²) in [7, 11) is 0. The second-order valence-corrected chi connectivity index (χ2v) is 7.45. The number of nitrogen functional groups attached to an aromatic ring is 1. The van der Waals surface area contributed by atoms with Crippen LogP contribution in [0.2, 0.25) is 0 Å². The van der Waals surface area contributed by atoms with Crippen LogP contribution in [0.5, 0.6) is 0 Å². The summed E-state index contributed by atoms with van der Waals surface area (Å²) in [6.45, 7) is 6.54. The summed E-state index contributed by atoms with van der Waals surface area (Å²) >= 11 is 0. The molecule has 7 nitrogen and oxygen atoms in total. The number of aromatic nitrogens is 2. The molecule has 132 valence electrons. The lowest BCUT2D eigenvalue weighted by Gasteiger charge is -2.41. The number of anilines is 3. The lowest BCUT2D eigenvalue weighted by atomic mass is 9.69. The summed E-state index contributed by atoms with van der Waals surface area (Å²) in [6.07, 6.45) is 3.51. The Balaban J connectivity index is 1.56. The maximum absolute atomic E-state index is 11.2. The Labute approximate surface area is 142 Å². The molecule has 1 aromatic rings. The van der Waals surface area contributed by atoms with E-state index in [0.717, 1.165) is 38.3 Å². The summed E-state index contributed by atoms with van der Waals surface area (Å²) in [5.41, 5.74) is 5.43. The SMILES string of the molecule is C[C@@H]1CN(c2cc(N)nc(N3CCOCC3)n2)C[C@@]1(O)C1CCC1. The third-order valence-electron chi connectivity index (χ3n) is 5.94. The number of ether oxygens (including phenoxy) is 1. The van der Waals surface area contributed by atoms with Crippen molar-refractivity contribution in [3.05, 3.63) is 6.07 Å². The van der Waals surface area contributed by atoms with Crippen molar-refractivity contribution in [1.29, 1.82) is 0 Å². The van der Waals surface area contributed by atoms with Crippen molar-refractivity contribution in [2.45, 2.75) is 31.8 Å². The molecule has 0 amide bonds. The second-order valence-electron chi connectivity index (χ2n) is 7.45. The highest BCUT2D eigenvalue weighted by Gasteiger charge is 2.50. The highest BCUT2D eigenvalue weighted by Crippen LogP contribution is 2.45. The molecule has 0 spiro atoms. The Kier molecular flexibility index (Phi) is 4.00. The van der Waals surface area contributed by atoms with Gasteiger partial charge < -0.3 is 25.4 Å². The van der Waals surface area contributed by atoms with Gasteiger partial charge in [-0.1, -0.05) is 13.3 Å². The zero-order chi connectivity index (χ0) is 16.7. The standard InChI is InChI=1S/C17H27N5O2/c1-12-10-22(11-17(12,23)13-3-2-4-13)15-9-14(18)19-16(20-15)21-5-7-24-8-6-21/h9,12-13,23H,2-8,10-11H2,1H3,(H2,18,19,20)/t12-,17+/m1/s1. The van der Waals surface area contributed by atoms with Gasteiger partial charge in [-0.25, -0.2) is 0 Å².